The normalized spacial score (nSPS) is 17.2. The number of benzene rings is 1. The van der Waals surface area contributed by atoms with Crippen LogP contribution in [0, 0.1) is 9.49 Å². The molecule has 0 aliphatic carbocycles. The maximum absolute atomic E-state index is 12.2. The SMILES string of the molecule is CC(C)(OC(=O)c1cccc(I)c1)C1CCNCC1. The Morgan fingerprint density at radius 1 is 1.37 bits per heavy atom. The van der Waals surface area contributed by atoms with Crippen molar-refractivity contribution in [2.75, 3.05) is 13.1 Å². The van der Waals surface area contributed by atoms with Gasteiger partial charge in [-0.3, -0.25) is 0 Å². The second-order valence-electron chi connectivity index (χ2n) is 5.53. The molecule has 0 unspecified atom stereocenters. The van der Waals surface area contributed by atoms with Crippen LogP contribution in [0.5, 0.6) is 0 Å². The van der Waals surface area contributed by atoms with Gasteiger partial charge in [-0.25, -0.2) is 4.79 Å². The van der Waals surface area contributed by atoms with Gasteiger partial charge in [-0.2, -0.15) is 0 Å². The first-order valence-electron chi connectivity index (χ1n) is 6.69. The highest BCUT2D eigenvalue weighted by atomic mass is 127. The quantitative estimate of drug-likeness (QED) is 0.653. The van der Waals surface area contributed by atoms with Crippen LogP contribution in [-0.2, 0) is 4.74 Å². The van der Waals surface area contributed by atoms with E-state index >= 15 is 0 Å². The van der Waals surface area contributed by atoms with E-state index in [1.165, 1.54) is 0 Å². The van der Waals surface area contributed by atoms with Gasteiger partial charge in [0.15, 0.2) is 0 Å². The third kappa shape index (κ3) is 3.92. The monoisotopic (exact) mass is 373 g/mol. The molecule has 1 aromatic rings. The van der Waals surface area contributed by atoms with Crippen LogP contribution in [0.2, 0.25) is 0 Å². The number of hydrogen-bond acceptors (Lipinski definition) is 3. The fraction of sp³-hybridized carbons (Fsp3) is 0.533. The highest BCUT2D eigenvalue weighted by Crippen LogP contribution is 2.29. The molecule has 4 heteroatoms. The minimum atomic E-state index is -0.402. The lowest BCUT2D eigenvalue weighted by molar-refractivity contribution is -0.0368. The molecule has 0 radical (unpaired) electrons. The van der Waals surface area contributed by atoms with E-state index < -0.39 is 5.60 Å². The summed E-state index contributed by atoms with van der Waals surface area (Å²) < 4.78 is 6.80. The molecular formula is C15H20INO2. The van der Waals surface area contributed by atoms with Crippen LogP contribution in [0.1, 0.15) is 37.0 Å². The number of carbonyl (C=O) groups is 1. The average molecular weight is 373 g/mol. The van der Waals surface area contributed by atoms with Crippen LogP contribution in [0.4, 0.5) is 0 Å². The number of esters is 1. The molecule has 0 amide bonds. The Morgan fingerprint density at radius 2 is 2.05 bits per heavy atom. The predicted octanol–water partition coefficient (Wildman–Crippen LogP) is 3.23. The van der Waals surface area contributed by atoms with Crippen LogP contribution in [-0.4, -0.2) is 24.7 Å². The Bertz CT molecular complexity index is 453. The van der Waals surface area contributed by atoms with Gasteiger partial charge in [-0.05, 0) is 80.6 Å². The largest absolute Gasteiger partial charge is 0.456 e. The molecule has 2 rings (SSSR count). The van der Waals surface area contributed by atoms with Crippen molar-refractivity contribution in [2.24, 2.45) is 5.92 Å². The zero-order valence-electron chi connectivity index (χ0n) is 11.4. The fourth-order valence-corrected chi connectivity index (χ4v) is 3.06. The lowest BCUT2D eigenvalue weighted by atomic mass is 9.83. The second-order valence-corrected chi connectivity index (χ2v) is 6.77. The molecule has 0 atom stereocenters. The summed E-state index contributed by atoms with van der Waals surface area (Å²) in [6, 6.07) is 7.52. The summed E-state index contributed by atoms with van der Waals surface area (Å²) in [6.45, 7) is 6.06. The molecule has 1 heterocycles. The van der Waals surface area contributed by atoms with E-state index in [2.05, 4.69) is 27.9 Å². The smallest absolute Gasteiger partial charge is 0.338 e. The Hall–Kier alpha value is -0.620. The Kier molecular flexibility index (Phi) is 4.84. The first kappa shape index (κ1) is 14.8. The Morgan fingerprint density at radius 3 is 2.68 bits per heavy atom. The first-order chi connectivity index (χ1) is 8.99. The minimum Gasteiger partial charge on any atom is -0.456 e. The molecule has 1 aliphatic rings. The standard InChI is InChI=1S/C15H20INO2/c1-15(2,12-6-8-17-9-7-12)19-14(18)11-4-3-5-13(16)10-11/h3-5,10,12,17H,6-9H2,1-2H3. The topological polar surface area (TPSA) is 38.3 Å². The van der Waals surface area contributed by atoms with Gasteiger partial charge in [0.1, 0.15) is 5.60 Å². The molecule has 1 fully saturated rings. The molecule has 0 bridgehead atoms. The summed E-state index contributed by atoms with van der Waals surface area (Å²) >= 11 is 2.20. The average Bonchev–Trinajstić information content (AvgIpc) is 2.39. The number of ether oxygens (including phenoxy) is 1. The number of piperidine rings is 1. The van der Waals surface area contributed by atoms with Crippen molar-refractivity contribution in [1.29, 1.82) is 0 Å². The van der Waals surface area contributed by atoms with Crippen LogP contribution in [0.15, 0.2) is 24.3 Å². The highest BCUT2D eigenvalue weighted by Gasteiger charge is 2.34. The predicted molar refractivity (Wildman–Crippen MR) is 84.2 cm³/mol. The van der Waals surface area contributed by atoms with Gasteiger partial charge in [-0.1, -0.05) is 6.07 Å². The molecule has 19 heavy (non-hydrogen) atoms. The van der Waals surface area contributed by atoms with Crippen molar-refractivity contribution >= 4 is 28.6 Å². The zero-order chi connectivity index (χ0) is 13.9. The lowest BCUT2D eigenvalue weighted by Crippen LogP contribution is -2.42. The van der Waals surface area contributed by atoms with Crippen molar-refractivity contribution in [3.8, 4) is 0 Å². The van der Waals surface area contributed by atoms with Crippen LogP contribution in [0.25, 0.3) is 0 Å². The van der Waals surface area contributed by atoms with Gasteiger partial charge in [0.05, 0.1) is 5.56 Å². The summed E-state index contributed by atoms with van der Waals surface area (Å²) in [5, 5.41) is 3.34. The lowest BCUT2D eigenvalue weighted by Gasteiger charge is -2.36. The van der Waals surface area contributed by atoms with E-state index in [0.717, 1.165) is 29.5 Å². The van der Waals surface area contributed by atoms with E-state index in [9.17, 15) is 4.79 Å². The summed E-state index contributed by atoms with van der Waals surface area (Å²) in [7, 11) is 0. The molecule has 1 N–H and O–H groups in total. The minimum absolute atomic E-state index is 0.220. The summed E-state index contributed by atoms with van der Waals surface area (Å²) in [5.41, 5.74) is 0.231. The van der Waals surface area contributed by atoms with Gasteiger partial charge in [-0.15, -0.1) is 0 Å². The third-order valence-corrected chi connectivity index (χ3v) is 4.41. The van der Waals surface area contributed by atoms with Crippen LogP contribution < -0.4 is 5.32 Å². The molecule has 0 saturated carbocycles. The van der Waals surface area contributed by atoms with E-state index in [1.54, 1.807) is 0 Å². The molecule has 3 nitrogen and oxygen atoms in total. The number of halogens is 1. The molecule has 0 aromatic heterocycles. The number of hydrogen-bond donors (Lipinski definition) is 1. The number of rotatable bonds is 3. The van der Waals surface area contributed by atoms with Gasteiger partial charge in [0.2, 0.25) is 0 Å². The van der Waals surface area contributed by atoms with E-state index in [-0.39, 0.29) is 5.97 Å². The van der Waals surface area contributed by atoms with Crippen LogP contribution >= 0.6 is 22.6 Å². The van der Waals surface area contributed by atoms with Crippen molar-refractivity contribution in [3.63, 3.8) is 0 Å². The number of carbonyl (C=O) groups excluding carboxylic acids is 1. The Labute approximate surface area is 128 Å². The zero-order valence-corrected chi connectivity index (χ0v) is 13.6. The summed E-state index contributed by atoms with van der Waals surface area (Å²) in [5.74, 6) is 0.211. The highest BCUT2D eigenvalue weighted by molar-refractivity contribution is 14.1. The summed E-state index contributed by atoms with van der Waals surface area (Å²) in [4.78, 5) is 12.2. The molecule has 104 valence electrons. The van der Waals surface area contributed by atoms with Crippen molar-refractivity contribution in [1.82, 2.24) is 5.32 Å². The van der Waals surface area contributed by atoms with Crippen molar-refractivity contribution in [2.45, 2.75) is 32.3 Å². The van der Waals surface area contributed by atoms with E-state index in [1.807, 2.05) is 38.1 Å². The molecule has 1 aromatic carbocycles. The van der Waals surface area contributed by atoms with Gasteiger partial charge in [0, 0.05) is 9.49 Å². The maximum Gasteiger partial charge on any atom is 0.338 e. The molecule has 1 saturated heterocycles. The van der Waals surface area contributed by atoms with Gasteiger partial charge < -0.3 is 10.1 Å². The molecule has 0 spiro atoms. The Balaban J connectivity index is 2.04. The van der Waals surface area contributed by atoms with E-state index in [4.69, 9.17) is 4.74 Å². The molecular weight excluding hydrogens is 353 g/mol. The fourth-order valence-electron chi connectivity index (χ4n) is 2.51. The third-order valence-electron chi connectivity index (χ3n) is 3.74. The first-order valence-corrected chi connectivity index (χ1v) is 7.76. The van der Waals surface area contributed by atoms with Gasteiger partial charge >= 0.3 is 5.97 Å². The van der Waals surface area contributed by atoms with E-state index in [0.29, 0.717) is 11.5 Å². The molecule has 1 aliphatic heterocycles. The second kappa shape index (κ2) is 6.22. The number of nitrogens with one attached hydrogen (secondary N) is 1. The van der Waals surface area contributed by atoms with Crippen molar-refractivity contribution in [3.05, 3.63) is 33.4 Å². The maximum atomic E-state index is 12.2. The van der Waals surface area contributed by atoms with Crippen molar-refractivity contribution < 1.29 is 9.53 Å². The van der Waals surface area contributed by atoms with Crippen LogP contribution in [0.3, 0.4) is 0 Å². The summed E-state index contributed by atoms with van der Waals surface area (Å²) in [6.07, 6.45) is 2.12. The van der Waals surface area contributed by atoms with Gasteiger partial charge in [0.25, 0.3) is 0 Å².